The highest BCUT2D eigenvalue weighted by atomic mass is 16.4. The highest BCUT2D eigenvalue weighted by Crippen LogP contribution is 2.22. The van der Waals surface area contributed by atoms with Gasteiger partial charge in [0.15, 0.2) is 0 Å². The summed E-state index contributed by atoms with van der Waals surface area (Å²) in [5, 5.41) is 13.4. The predicted molar refractivity (Wildman–Crippen MR) is 73.0 cm³/mol. The van der Waals surface area contributed by atoms with Gasteiger partial charge in [-0.25, -0.2) is 0 Å². The van der Waals surface area contributed by atoms with Crippen LogP contribution in [0.1, 0.15) is 29.9 Å². The maximum atomic E-state index is 11.3. The van der Waals surface area contributed by atoms with E-state index in [2.05, 4.69) is 5.10 Å². The van der Waals surface area contributed by atoms with Gasteiger partial charge in [0.1, 0.15) is 0 Å². The summed E-state index contributed by atoms with van der Waals surface area (Å²) in [6.45, 7) is 0. The smallest absolute Gasteiger partial charge is 0.310 e. The van der Waals surface area contributed by atoms with Crippen molar-refractivity contribution in [3.8, 4) is 0 Å². The van der Waals surface area contributed by atoms with Gasteiger partial charge in [-0.05, 0) is 30.4 Å². The molecule has 1 heterocycles. The Bertz CT molecular complexity index is 534. The SMILES string of the molecule is Cn1cc(CCCC(C(=O)O)c2ccccc2)cn1. The fourth-order valence-electron chi connectivity index (χ4n) is 2.23. The molecule has 2 aromatic rings. The van der Waals surface area contributed by atoms with Crippen LogP contribution in [0.15, 0.2) is 42.7 Å². The summed E-state index contributed by atoms with van der Waals surface area (Å²) in [6.07, 6.45) is 6.16. The van der Waals surface area contributed by atoms with Crippen LogP contribution in [0.5, 0.6) is 0 Å². The van der Waals surface area contributed by atoms with Crippen LogP contribution in [0.4, 0.5) is 0 Å². The number of aryl methyl sites for hydroxylation is 2. The zero-order valence-corrected chi connectivity index (χ0v) is 11.0. The summed E-state index contributed by atoms with van der Waals surface area (Å²) in [5.74, 6) is -1.17. The Morgan fingerprint density at radius 2 is 2.11 bits per heavy atom. The first-order valence-corrected chi connectivity index (χ1v) is 6.42. The molecule has 1 unspecified atom stereocenters. The Balaban J connectivity index is 1.93. The predicted octanol–water partition coefficient (Wildman–Crippen LogP) is 2.61. The summed E-state index contributed by atoms with van der Waals surface area (Å²) in [5.41, 5.74) is 2.03. The van der Waals surface area contributed by atoms with E-state index in [0.29, 0.717) is 6.42 Å². The van der Waals surface area contributed by atoms with Crippen molar-refractivity contribution < 1.29 is 9.90 Å². The van der Waals surface area contributed by atoms with Crippen molar-refractivity contribution in [1.29, 1.82) is 0 Å². The van der Waals surface area contributed by atoms with Crippen LogP contribution in [-0.4, -0.2) is 20.9 Å². The van der Waals surface area contributed by atoms with Crippen molar-refractivity contribution in [2.45, 2.75) is 25.2 Å². The zero-order valence-electron chi connectivity index (χ0n) is 11.0. The second-order valence-corrected chi connectivity index (χ2v) is 4.72. The standard InChI is InChI=1S/C15H18N2O2/c1-17-11-12(10-16-17)6-5-9-14(15(18)19)13-7-3-2-4-8-13/h2-4,7-8,10-11,14H,5-6,9H2,1H3,(H,18,19). The van der Waals surface area contributed by atoms with Crippen LogP contribution < -0.4 is 0 Å². The number of aromatic nitrogens is 2. The van der Waals surface area contributed by atoms with Crippen molar-refractivity contribution in [3.63, 3.8) is 0 Å². The number of nitrogens with zero attached hydrogens (tertiary/aromatic N) is 2. The topological polar surface area (TPSA) is 55.1 Å². The van der Waals surface area contributed by atoms with E-state index in [1.54, 1.807) is 4.68 Å². The number of carbonyl (C=O) groups is 1. The van der Waals surface area contributed by atoms with Gasteiger partial charge in [0.25, 0.3) is 0 Å². The molecule has 0 radical (unpaired) electrons. The van der Waals surface area contributed by atoms with E-state index < -0.39 is 11.9 Å². The third-order valence-electron chi connectivity index (χ3n) is 3.22. The minimum atomic E-state index is -0.752. The molecule has 0 aliphatic carbocycles. The molecule has 0 fully saturated rings. The minimum absolute atomic E-state index is 0.419. The van der Waals surface area contributed by atoms with Crippen LogP contribution in [0.3, 0.4) is 0 Å². The molecule has 1 aromatic carbocycles. The van der Waals surface area contributed by atoms with E-state index in [1.165, 1.54) is 0 Å². The minimum Gasteiger partial charge on any atom is -0.481 e. The fourth-order valence-corrected chi connectivity index (χ4v) is 2.23. The molecular formula is C15H18N2O2. The first-order valence-electron chi connectivity index (χ1n) is 6.42. The van der Waals surface area contributed by atoms with Crippen molar-refractivity contribution >= 4 is 5.97 Å². The summed E-state index contributed by atoms with van der Waals surface area (Å²) in [6, 6.07) is 9.42. The molecule has 0 saturated heterocycles. The highest BCUT2D eigenvalue weighted by Gasteiger charge is 2.18. The second-order valence-electron chi connectivity index (χ2n) is 4.72. The molecule has 4 nitrogen and oxygen atoms in total. The Hall–Kier alpha value is -2.10. The number of hydrogen-bond donors (Lipinski definition) is 1. The molecule has 1 atom stereocenters. The van der Waals surface area contributed by atoms with Gasteiger partial charge in [0.2, 0.25) is 0 Å². The Morgan fingerprint density at radius 3 is 2.68 bits per heavy atom. The number of benzene rings is 1. The molecule has 4 heteroatoms. The van der Waals surface area contributed by atoms with Crippen LogP contribution in [-0.2, 0) is 18.3 Å². The first kappa shape index (κ1) is 13.3. The Morgan fingerprint density at radius 1 is 1.37 bits per heavy atom. The number of carboxylic acids is 1. The maximum Gasteiger partial charge on any atom is 0.310 e. The zero-order chi connectivity index (χ0) is 13.7. The quantitative estimate of drug-likeness (QED) is 0.866. The van der Waals surface area contributed by atoms with E-state index in [9.17, 15) is 9.90 Å². The Labute approximate surface area is 112 Å². The second kappa shape index (κ2) is 6.18. The molecule has 1 aromatic heterocycles. The van der Waals surface area contributed by atoms with Crippen LogP contribution in [0.25, 0.3) is 0 Å². The van der Waals surface area contributed by atoms with E-state index in [1.807, 2.05) is 49.8 Å². The third-order valence-corrected chi connectivity index (χ3v) is 3.22. The van der Waals surface area contributed by atoms with E-state index in [0.717, 1.165) is 24.0 Å². The summed E-state index contributed by atoms with van der Waals surface area (Å²) < 4.78 is 1.77. The van der Waals surface area contributed by atoms with Gasteiger partial charge in [-0.1, -0.05) is 30.3 Å². The summed E-state index contributed by atoms with van der Waals surface area (Å²) in [7, 11) is 1.88. The Kier molecular flexibility index (Phi) is 4.34. The van der Waals surface area contributed by atoms with Crippen molar-refractivity contribution in [2.24, 2.45) is 7.05 Å². The van der Waals surface area contributed by atoms with Crippen molar-refractivity contribution in [3.05, 3.63) is 53.9 Å². The first-order chi connectivity index (χ1) is 9.16. The number of carboxylic acid groups (broad SMARTS) is 1. The van der Waals surface area contributed by atoms with Gasteiger partial charge >= 0.3 is 5.97 Å². The lowest BCUT2D eigenvalue weighted by molar-refractivity contribution is -0.139. The lowest BCUT2D eigenvalue weighted by atomic mass is 9.93. The fraction of sp³-hybridized carbons (Fsp3) is 0.333. The lowest BCUT2D eigenvalue weighted by Gasteiger charge is -2.12. The van der Waals surface area contributed by atoms with E-state index >= 15 is 0 Å². The highest BCUT2D eigenvalue weighted by molar-refractivity contribution is 5.75. The molecule has 0 amide bonds. The van der Waals surface area contributed by atoms with E-state index in [4.69, 9.17) is 0 Å². The van der Waals surface area contributed by atoms with Crippen molar-refractivity contribution in [2.75, 3.05) is 0 Å². The van der Waals surface area contributed by atoms with Gasteiger partial charge < -0.3 is 5.11 Å². The molecule has 2 rings (SSSR count). The molecule has 100 valence electrons. The van der Waals surface area contributed by atoms with Crippen LogP contribution in [0, 0.1) is 0 Å². The molecule has 0 aliphatic rings. The number of hydrogen-bond acceptors (Lipinski definition) is 2. The number of rotatable bonds is 6. The number of aliphatic carboxylic acids is 1. The van der Waals surface area contributed by atoms with Gasteiger partial charge in [0, 0.05) is 13.2 Å². The maximum absolute atomic E-state index is 11.3. The molecule has 1 N–H and O–H groups in total. The molecular weight excluding hydrogens is 240 g/mol. The van der Waals surface area contributed by atoms with Gasteiger partial charge in [-0.15, -0.1) is 0 Å². The van der Waals surface area contributed by atoms with Crippen LogP contribution in [0.2, 0.25) is 0 Å². The largest absolute Gasteiger partial charge is 0.481 e. The molecule has 0 aliphatic heterocycles. The summed E-state index contributed by atoms with van der Waals surface area (Å²) >= 11 is 0. The average molecular weight is 258 g/mol. The van der Waals surface area contributed by atoms with Gasteiger partial charge in [0.05, 0.1) is 12.1 Å². The van der Waals surface area contributed by atoms with Crippen molar-refractivity contribution in [1.82, 2.24) is 9.78 Å². The average Bonchev–Trinajstić information content (AvgIpc) is 2.81. The van der Waals surface area contributed by atoms with Gasteiger partial charge in [-0.2, -0.15) is 5.10 Å². The molecule has 0 saturated carbocycles. The summed E-state index contributed by atoms with van der Waals surface area (Å²) in [4.78, 5) is 11.3. The molecule has 0 bridgehead atoms. The monoisotopic (exact) mass is 258 g/mol. The normalized spacial score (nSPS) is 12.3. The third kappa shape index (κ3) is 3.68. The molecule has 0 spiro atoms. The molecule has 19 heavy (non-hydrogen) atoms. The van der Waals surface area contributed by atoms with E-state index in [-0.39, 0.29) is 0 Å². The van der Waals surface area contributed by atoms with Gasteiger partial charge in [-0.3, -0.25) is 9.48 Å². The van der Waals surface area contributed by atoms with Crippen LogP contribution >= 0.6 is 0 Å². The lowest BCUT2D eigenvalue weighted by Crippen LogP contribution is -2.11.